The largest absolute Gasteiger partial charge is 0.488 e. The molecule has 5 fully saturated rings. The number of aliphatic hydroxyl groups is 2. The molecule has 1 saturated carbocycles. The Kier molecular flexibility index (Phi) is 34.0. The van der Waals surface area contributed by atoms with E-state index >= 15 is 0 Å². The van der Waals surface area contributed by atoms with Crippen LogP contribution in [0.5, 0.6) is 17.2 Å². The molecule has 0 radical (unpaired) electrons. The van der Waals surface area contributed by atoms with Gasteiger partial charge in [0.05, 0.1) is 17.8 Å². The lowest BCUT2D eigenvalue weighted by atomic mass is 9.67. The van der Waals surface area contributed by atoms with E-state index in [0.717, 1.165) is 113 Å². The summed E-state index contributed by atoms with van der Waals surface area (Å²) < 4.78 is 23.4. The highest BCUT2D eigenvalue weighted by Crippen LogP contribution is 2.46. The highest BCUT2D eigenvalue weighted by Gasteiger charge is 2.40. The van der Waals surface area contributed by atoms with Gasteiger partial charge in [0, 0.05) is 75.6 Å². The van der Waals surface area contributed by atoms with E-state index in [0.29, 0.717) is 35.7 Å². The third-order valence-electron chi connectivity index (χ3n) is 23.0. The van der Waals surface area contributed by atoms with Crippen molar-refractivity contribution >= 4 is 11.6 Å². The maximum Gasteiger partial charge on any atom is 0.120 e. The molecule has 0 aromatic heterocycles. The van der Waals surface area contributed by atoms with Crippen molar-refractivity contribution in [3.8, 4) is 17.2 Å². The zero-order chi connectivity index (χ0) is 80.4. The molecule has 4 atom stereocenters. The summed E-state index contributed by atoms with van der Waals surface area (Å²) in [5.74, 6) is 2.81. The van der Waals surface area contributed by atoms with Crippen molar-refractivity contribution in [2.24, 2.45) is 5.41 Å². The van der Waals surface area contributed by atoms with Crippen LogP contribution < -0.4 is 14.2 Å². The number of halogens is 1. The lowest BCUT2D eigenvalue weighted by Gasteiger charge is -2.47. The molecule has 108 heavy (non-hydrogen) atoms. The fourth-order valence-electron chi connectivity index (χ4n) is 16.7. The lowest BCUT2D eigenvalue weighted by Crippen LogP contribution is -2.56. The average Bonchev–Trinajstić information content (AvgIpc) is 0.824. The minimum atomic E-state index is -0.509. The van der Waals surface area contributed by atoms with E-state index < -0.39 is 5.60 Å². The van der Waals surface area contributed by atoms with Crippen LogP contribution in [0.4, 0.5) is 0 Å². The first-order valence-corrected chi connectivity index (χ1v) is 42.1. The molecular weight excluding hydrogens is 1350 g/mol. The van der Waals surface area contributed by atoms with Crippen molar-refractivity contribution in [3.63, 3.8) is 0 Å². The summed E-state index contributed by atoms with van der Waals surface area (Å²) >= 11 is 6.02. The zero-order valence-corrected chi connectivity index (χ0v) is 74.2. The predicted octanol–water partition coefficient (Wildman–Crippen LogP) is 23.6. The second kappa shape index (κ2) is 39.8. The van der Waals surface area contributed by atoms with Gasteiger partial charge in [0.25, 0.3) is 0 Å². The number of allylic oxidation sites excluding steroid dienone is 4. The number of aliphatic hydroxyl groups excluding tert-OH is 1. The second-order valence-electron chi connectivity index (χ2n) is 40.0. The summed E-state index contributed by atoms with van der Waals surface area (Å²) in [5.41, 5.74) is 10.9. The van der Waals surface area contributed by atoms with Gasteiger partial charge in [-0.25, -0.2) is 0 Å². The molecular formula is C97H155ClN4O6. The summed E-state index contributed by atoms with van der Waals surface area (Å²) in [5, 5.41) is 21.0. The summed E-state index contributed by atoms with van der Waals surface area (Å²) in [6, 6.07) is 36.1. The van der Waals surface area contributed by atoms with Crippen molar-refractivity contribution in [1.29, 1.82) is 0 Å². The highest BCUT2D eigenvalue weighted by molar-refractivity contribution is 6.30. The maximum absolute atomic E-state index is 10.3. The highest BCUT2D eigenvalue weighted by atomic mass is 35.5. The summed E-state index contributed by atoms with van der Waals surface area (Å²) in [6.07, 6.45) is 27.9. The van der Waals surface area contributed by atoms with E-state index in [2.05, 4.69) is 302 Å². The average molecular weight is 1510 g/mol. The van der Waals surface area contributed by atoms with Gasteiger partial charge in [-0.15, -0.1) is 0 Å². The van der Waals surface area contributed by atoms with Crippen LogP contribution in [0.3, 0.4) is 0 Å². The van der Waals surface area contributed by atoms with Crippen molar-refractivity contribution in [2.45, 2.75) is 357 Å². The van der Waals surface area contributed by atoms with E-state index in [4.69, 9.17) is 30.5 Å². The zero-order valence-electron chi connectivity index (χ0n) is 73.5. The van der Waals surface area contributed by atoms with E-state index in [1.165, 1.54) is 103 Å². The molecule has 4 heterocycles. The molecule has 0 bridgehead atoms. The number of ether oxygens (including phenoxy) is 4. The molecule has 4 aromatic carbocycles. The SMILES string of the molecule is CC(C)=CC(CC(C)(C)c1ccc(OC(C)(C)C)cc1)N1CCC(C)(O)CC1.CC(C)=CC(CC(C)(C)c1ccc(OC(C)(C)C)cc1)N1CCC(O)CC1.CC(C)=CC(CC(C)(C)c1ccc(OC(C)(C)C)cc1)N1CCC2(CCCCC2)CC1.COC1CN(C(C=C(C)C)CC(C)(C)c2ccc(Cl)cc2)C1. The summed E-state index contributed by atoms with van der Waals surface area (Å²) in [4.78, 5) is 10.4. The Morgan fingerprint density at radius 3 is 0.954 bits per heavy atom. The van der Waals surface area contributed by atoms with Gasteiger partial charge in [0.1, 0.15) is 34.1 Å². The fraction of sp³-hybridized carbons (Fsp3) is 0.670. The van der Waals surface area contributed by atoms with Gasteiger partial charge < -0.3 is 29.2 Å². The Bertz CT molecular complexity index is 3410. The molecule has 1 aliphatic carbocycles. The van der Waals surface area contributed by atoms with E-state index in [1.54, 1.807) is 7.11 Å². The van der Waals surface area contributed by atoms with Crippen LogP contribution in [0, 0.1) is 5.41 Å². The number of piperidine rings is 3. The van der Waals surface area contributed by atoms with Gasteiger partial charge in [0.15, 0.2) is 0 Å². The van der Waals surface area contributed by atoms with Crippen LogP contribution in [-0.2, 0) is 26.4 Å². The Hall–Kier alpha value is -4.75. The summed E-state index contributed by atoms with van der Waals surface area (Å²) in [7, 11) is 1.80. The van der Waals surface area contributed by atoms with Gasteiger partial charge >= 0.3 is 0 Å². The number of benzene rings is 4. The van der Waals surface area contributed by atoms with Crippen molar-refractivity contribution in [3.05, 3.63) is 171 Å². The van der Waals surface area contributed by atoms with Crippen molar-refractivity contribution < 1.29 is 29.2 Å². The number of nitrogens with zero attached hydrogens (tertiary/aromatic N) is 4. The molecule has 0 amide bonds. The first kappa shape index (κ1) is 92.1. The van der Waals surface area contributed by atoms with E-state index in [1.807, 2.05) is 19.1 Å². The Morgan fingerprint density at radius 1 is 0.407 bits per heavy atom. The Balaban J connectivity index is 0.000000227. The second-order valence-corrected chi connectivity index (χ2v) is 40.5. The molecule has 11 heteroatoms. The molecule has 606 valence electrons. The molecule has 10 nitrogen and oxygen atoms in total. The molecule has 4 aliphatic heterocycles. The van der Waals surface area contributed by atoms with Crippen LogP contribution in [0.15, 0.2) is 144 Å². The van der Waals surface area contributed by atoms with Gasteiger partial charge in [-0.1, -0.05) is 181 Å². The lowest BCUT2D eigenvalue weighted by molar-refractivity contribution is -0.0459. The van der Waals surface area contributed by atoms with Crippen molar-refractivity contribution in [1.82, 2.24) is 19.6 Å². The number of hydrogen-bond donors (Lipinski definition) is 2. The molecule has 1 spiro atoms. The van der Waals surface area contributed by atoms with Crippen LogP contribution in [-0.4, -0.2) is 148 Å². The topological polar surface area (TPSA) is 90.3 Å². The standard InChI is InChI=1S/C29H47NO.C25H41NO2.C24H39NO2.C19H28ClNO/c1-23(2)21-25(30-19-17-29(18-20-30)15-9-8-10-16-29)22-28(6,7)24-11-13-26(14-12-24)31-27(3,4)5;1-19(2)17-21(26-15-13-25(8,27)14-16-26)18-24(6,7)20-9-11-22(12-10-20)28-23(3,4)5;1-18(2)16-20(25-14-12-21(26)13-15-25)17-24(6,7)19-8-10-22(11-9-19)27-23(3,4)5;1-14(2)10-17(21-12-18(13-21)22-5)11-19(3,4)15-6-8-16(20)9-7-15/h11-14,21,25H,8-10,15-20,22H2,1-7H3;9-12,17,21,27H,13-16,18H2,1-8H3;8-11,16,20-21,26H,12-15,17H2,1-7H3;6-10,17-18H,11-13H2,1-5H3. The van der Waals surface area contributed by atoms with Gasteiger partial charge in [-0.05, 0) is 313 Å². The minimum Gasteiger partial charge on any atom is -0.488 e. The minimum absolute atomic E-state index is 0.0524. The number of methoxy groups -OCH3 is 1. The van der Waals surface area contributed by atoms with E-state index in [-0.39, 0.29) is 44.6 Å². The first-order valence-electron chi connectivity index (χ1n) is 41.7. The number of hydrogen-bond acceptors (Lipinski definition) is 10. The maximum atomic E-state index is 10.3. The normalized spacial score (nSPS) is 19.2. The van der Waals surface area contributed by atoms with Crippen LogP contribution >= 0.6 is 11.6 Å². The van der Waals surface area contributed by atoms with Crippen molar-refractivity contribution in [2.75, 3.05) is 59.5 Å². The molecule has 2 N–H and O–H groups in total. The fourth-order valence-corrected chi connectivity index (χ4v) is 16.9. The Labute approximate surface area is 666 Å². The Morgan fingerprint density at radius 2 is 0.676 bits per heavy atom. The smallest absolute Gasteiger partial charge is 0.120 e. The van der Waals surface area contributed by atoms with E-state index in [9.17, 15) is 10.2 Å². The third kappa shape index (κ3) is 31.3. The molecule has 5 aliphatic rings. The van der Waals surface area contributed by atoms with Gasteiger partial charge in [0.2, 0.25) is 0 Å². The molecule has 4 saturated heterocycles. The number of likely N-dealkylation sites (tertiary alicyclic amines) is 4. The molecule has 9 rings (SSSR count). The van der Waals surface area contributed by atoms with Gasteiger partial charge in [-0.3, -0.25) is 19.6 Å². The molecule has 4 unspecified atom stereocenters. The van der Waals surface area contributed by atoms with Crippen LogP contribution in [0.25, 0.3) is 0 Å². The third-order valence-corrected chi connectivity index (χ3v) is 23.3. The van der Waals surface area contributed by atoms with Gasteiger partial charge in [-0.2, -0.15) is 0 Å². The first-order chi connectivity index (χ1) is 50.0. The summed E-state index contributed by atoms with van der Waals surface area (Å²) in [6.45, 7) is 65.5. The quantitative estimate of drug-likeness (QED) is 0.0661. The predicted molar refractivity (Wildman–Crippen MR) is 462 cm³/mol. The van der Waals surface area contributed by atoms with Crippen LogP contribution in [0.2, 0.25) is 5.02 Å². The monoisotopic (exact) mass is 1510 g/mol. The molecule has 4 aromatic rings. The number of rotatable bonds is 24. The van der Waals surface area contributed by atoms with Crippen LogP contribution in [0.1, 0.15) is 299 Å².